The van der Waals surface area contributed by atoms with Crippen molar-refractivity contribution in [1.29, 1.82) is 0 Å². The summed E-state index contributed by atoms with van der Waals surface area (Å²) in [6.45, 7) is 3.67. The highest BCUT2D eigenvalue weighted by Crippen LogP contribution is 2.32. The van der Waals surface area contributed by atoms with Crippen LogP contribution in [0.4, 0.5) is 18.9 Å². The molecule has 0 amide bonds. The van der Waals surface area contributed by atoms with E-state index in [0.717, 1.165) is 12.3 Å². The van der Waals surface area contributed by atoms with Crippen molar-refractivity contribution in [2.45, 2.75) is 26.1 Å². The summed E-state index contributed by atoms with van der Waals surface area (Å²) in [5.74, 6) is -0.976. The molecule has 0 fully saturated rings. The molecule has 0 saturated carbocycles. The number of nitrogens with one attached hydrogen (secondary N) is 1. The first-order valence-corrected chi connectivity index (χ1v) is 3.82. The second-order valence-electron chi connectivity index (χ2n) is 3.00. The van der Waals surface area contributed by atoms with Crippen molar-refractivity contribution in [3.63, 3.8) is 0 Å². The van der Waals surface area contributed by atoms with Crippen LogP contribution in [0, 0.1) is 0 Å². The Morgan fingerprint density at radius 1 is 1.38 bits per heavy atom. The van der Waals surface area contributed by atoms with E-state index in [1.165, 1.54) is 0 Å². The van der Waals surface area contributed by atoms with Crippen molar-refractivity contribution in [3.05, 3.63) is 18.1 Å². The number of hydrogen-bond acceptors (Lipinski definition) is 2. The van der Waals surface area contributed by atoms with Gasteiger partial charge in [-0.1, -0.05) is 0 Å². The van der Waals surface area contributed by atoms with Gasteiger partial charge in [0.15, 0.2) is 0 Å². The SMILES string of the molecule is CC(C)Nc1coc(C(F)(F)F)c1. The van der Waals surface area contributed by atoms with Gasteiger partial charge in [0.25, 0.3) is 0 Å². The molecule has 0 aromatic carbocycles. The molecule has 0 aliphatic carbocycles. The van der Waals surface area contributed by atoms with E-state index in [-0.39, 0.29) is 6.04 Å². The molecule has 5 heteroatoms. The zero-order valence-electron chi connectivity index (χ0n) is 7.27. The Bertz CT molecular complexity index is 277. The fourth-order valence-corrected chi connectivity index (χ4v) is 0.894. The molecule has 1 aromatic heterocycles. The molecule has 13 heavy (non-hydrogen) atoms. The van der Waals surface area contributed by atoms with Gasteiger partial charge in [-0.3, -0.25) is 0 Å². The zero-order chi connectivity index (χ0) is 10.1. The van der Waals surface area contributed by atoms with Crippen LogP contribution in [0.15, 0.2) is 16.7 Å². The number of alkyl halides is 3. The summed E-state index contributed by atoms with van der Waals surface area (Å²) in [4.78, 5) is 0. The van der Waals surface area contributed by atoms with Gasteiger partial charge in [0.05, 0.1) is 5.69 Å². The molecule has 0 unspecified atom stereocenters. The summed E-state index contributed by atoms with van der Waals surface area (Å²) >= 11 is 0. The van der Waals surface area contributed by atoms with Crippen molar-refractivity contribution in [2.24, 2.45) is 0 Å². The molecule has 1 aromatic rings. The summed E-state index contributed by atoms with van der Waals surface area (Å²) in [6.07, 6.45) is -3.35. The molecular weight excluding hydrogens is 183 g/mol. The number of rotatable bonds is 2. The molecular formula is C8H10F3NO. The van der Waals surface area contributed by atoms with E-state index < -0.39 is 11.9 Å². The summed E-state index contributed by atoms with van der Waals surface area (Å²) in [6, 6.07) is 1.03. The van der Waals surface area contributed by atoms with Gasteiger partial charge in [-0.25, -0.2) is 0 Å². The summed E-state index contributed by atoms with van der Waals surface area (Å²) < 4.78 is 40.4. The molecule has 0 spiro atoms. The topological polar surface area (TPSA) is 25.2 Å². The third-order valence-electron chi connectivity index (χ3n) is 1.33. The molecule has 1 rings (SSSR count). The third-order valence-corrected chi connectivity index (χ3v) is 1.33. The van der Waals surface area contributed by atoms with E-state index >= 15 is 0 Å². The van der Waals surface area contributed by atoms with E-state index in [1.54, 1.807) is 0 Å². The highest BCUT2D eigenvalue weighted by Gasteiger charge is 2.34. The van der Waals surface area contributed by atoms with Crippen LogP contribution < -0.4 is 5.32 Å². The number of hydrogen-bond donors (Lipinski definition) is 1. The molecule has 0 saturated heterocycles. The first kappa shape index (κ1) is 9.95. The normalized spacial score (nSPS) is 12.2. The van der Waals surface area contributed by atoms with Crippen LogP contribution in [-0.4, -0.2) is 6.04 Å². The Kier molecular flexibility index (Phi) is 2.54. The number of furan rings is 1. The van der Waals surface area contributed by atoms with Crippen LogP contribution in [0.3, 0.4) is 0 Å². The average molecular weight is 193 g/mol. The fraction of sp³-hybridized carbons (Fsp3) is 0.500. The maximum Gasteiger partial charge on any atom is 0.449 e. The van der Waals surface area contributed by atoms with Gasteiger partial charge < -0.3 is 9.73 Å². The van der Waals surface area contributed by atoms with Gasteiger partial charge >= 0.3 is 6.18 Å². The van der Waals surface area contributed by atoms with Gasteiger partial charge in [-0.05, 0) is 13.8 Å². The number of halogens is 3. The van der Waals surface area contributed by atoms with Gasteiger partial charge in [0.1, 0.15) is 6.26 Å². The van der Waals surface area contributed by atoms with E-state index in [1.807, 2.05) is 13.8 Å². The lowest BCUT2D eigenvalue weighted by Gasteiger charge is -2.05. The maximum atomic E-state index is 12.0. The molecule has 0 radical (unpaired) electrons. The minimum Gasteiger partial charge on any atom is -0.458 e. The minimum atomic E-state index is -4.41. The van der Waals surface area contributed by atoms with Crippen LogP contribution in [0.1, 0.15) is 19.6 Å². The smallest absolute Gasteiger partial charge is 0.449 e. The Balaban J connectivity index is 2.75. The van der Waals surface area contributed by atoms with E-state index in [2.05, 4.69) is 9.73 Å². The van der Waals surface area contributed by atoms with Crippen LogP contribution in [0.5, 0.6) is 0 Å². The summed E-state index contributed by atoms with van der Waals surface area (Å²) in [5.41, 5.74) is 0.349. The standard InChI is InChI=1S/C8H10F3NO/c1-5(2)12-6-3-7(13-4-6)8(9,10)11/h3-5,12H,1-2H3. The predicted molar refractivity (Wildman–Crippen MR) is 42.5 cm³/mol. The van der Waals surface area contributed by atoms with Crippen LogP contribution >= 0.6 is 0 Å². The van der Waals surface area contributed by atoms with Crippen molar-refractivity contribution in [2.75, 3.05) is 5.32 Å². The average Bonchev–Trinajstić information content (AvgIpc) is 2.32. The lowest BCUT2D eigenvalue weighted by Crippen LogP contribution is -2.08. The fourth-order valence-electron chi connectivity index (χ4n) is 0.894. The largest absolute Gasteiger partial charge is 0.458 e. The second-order valence-corrected chi connectivity index (χ2v) is 3.00. The van der Waals surface area contributed by atoms with E-state index in [4.69, 9.17) is 0 Å². The van der Waals surface area contributed by atoms with Crippen molar-refractivity contribution >= 4 is 5.69 Å². The quantitative estimate of drug-likeness (QED) is 0.780. The van der Waals surface area contributed by atoms with Crippen LogP contribution in [0.2, 0.25) is 0 Å². The summed E-state index contributed by atoms with van der Waals surface area (Å²) in [7, 11) is 0. The molecule has 0 bridgehead atoms. The van der Waals surface area contributed by atoms with Crippen LogP contribution in [-0.2, 0) is 6.18 Å². The summed E-state index contributed by atoms with van der Waals surface area (Å²) in [5, 5.41) is 2.80. The monoisotopic (exact) mass is 193 g/mol. The Labute approximate surface area is 73.7 Å². The van der Waals surface area contributed by atoms with Gasteiger partial charge in [0.2, 0.25) is 5.76 Å². The van der Waals surface area contributed by atoms with Crippen molar-refractivity contribution in [3.8, 4) is 0 Å². The van der Waals surface area contributed by atoms with Gasteiger partial charge in [0, 0.05) is 12.1 Å². The Morgan fingerprint density at radius 3 is 2.38 bits per heavy atom. The van der Waals surface area contributed by atoms with E-state index in [0.29, 0.717) is 5.69 Å². The van der Waals surface area contributed by atoms with Crippen molar-refractivity contribution < 1.29 is 17.6 Å². The van der Waals surface area contributed by atoms with Crippen molar-refractivity contribution in [1.82, 2.24) is 0 Å². The Morgan fingerprint density at radius 2 is 2.00 bits per heavy atom. The number of anilines is 1. The lowest BCUT2D eigenvalue weighted by atomic mass is 10.3. The molecule has 1 heterocycles. The molecule has 0 aliphatic heterocycles. The Hall–Kier alpha value is -1.13. The molecule has 1 N–H and O–H groups in total. The highest BCUT2D eigenvalue weighted by atomic mass is 19.4. The first-order valence-electron chi connectivity index (χ1n) is 3.82. The predicted octanol–water partition coefficient (Wildman–Crippen LogP) is 3.12. The molecule has 0 aliphatic rings. The lowest BCUT2D eigenvalue weighted by molar-refractivity contribution is -0.153. The molecule has 2 nitrogen and oxygen atoms in total. The highest BCUT2D eigenvalue weighted by molar-refractivity contribution is 5.42. The second kappa shape index (κ2) is 3.32. The first-order chi connectivity index (χ1) is 5.89. The third kappa shape index (κ3) is 2.68. The minimum absolute atomic E-state index is 0.0821. The molecule has 0 atom stereocenters. The maximum absolute atomic E-state index is 12.0. The van der Waals surface area contributed by atoms with Crippen LogP contribution in [0.25, 0.3) is 0 Å². The van der Waals surface area contributed by atoms with Gasteiger partial charge in [-0.2, -0.15) is 13.2 Å². The van der Waals surface area contributed by atoms with Gasteiger partial charge in [-0.15, -0.1) is 0 Å². The van der Waals surface area contributed by atoms with E-state index in [9.17, 15) is 13.2 Å². The molecule has 74 valence electrons. The zero-order valence-corrected chi connectivity index (χ0v) is 7.27.